The van der Waals surface area contributed by atoms with Crippen molar-refractivity contribution in [2.45, 2.75) is 0 Å². The molecule has 0 unspecified atom stereocenters. The third-order valence-corrected chi connectivity index (χ3v) is 1.41. The maximum absolute atomic E-state index is 10.7. The Bertz CT molecular complexity index is 434. The number of hydrogen-bond acceptors (Lipinski definition) is 4. The van der Waals surface area contributed by atoms with Gasteiger partial charge in [0.05, 0.1) is 6.20 Å². The molecule has 2 rings (SSSR count). The Morgan fingerprint density at radius 3 is 3.25 bits per heavy atom. The Kier molecular flexibility index (Phi) is 1.26. The second-order valence-electron chi connectivity index (χ2n) is 2.13. The minimum absolute atomic E-state index is 0.373. The molecule has 1 radical (unpaired) electrons. The van der Waals surface area contributed by atoms with Gasteiger partial charge >= 0.3 is 6.03 Å². The number of imidazole rings is 1. The van der Waals surface area contributed by atoms with Crippen LogP contribution in [0, 0.1) is 6.33 Å². The number of fused-ring (bicyclic) bond motifs is 1. The van der Waals surface area contributed by atoms with Crippen LogP contribution >= 0.6 is 0 Å². The number of carbonyl (C=O) groups excluding carboxylic acids is 1. The van der Waals surface area contributed by atoms with E-state index in [0.29, 0.717) is 11.2 Å². The Balaban J connectivity index is 2.79. The van der Waals surface area contributed by atoms with Crippen LogP contribution in [0.2, 0.25) is 0 Å². The molecule has 0 aliphatic heterocycles. The number of primary amides is 1. The van der Waals surface area contributed by atoms with Gasteiger partial charge in [-0.2, -0.15) is 0 Å². The minimum atomic E-state index is -0.621. The molecule has 6 heteroatoms. The van der Waals surface area contributed by atoms with Crippen molar-refractivity contribution in [3.05, 3.63) is 18.9 Å². The van der Waals surface area contributed by atoms with Crippen LogP contribution in [-0.4, -0.2) is 25.6 Å². The molecule has 0 spiro atoms. The summed E-state index contributed by atoms with van der Waals surface area (Å²) in [6.45, 7) is 0. The van der Waals surface area contributed by atoms with Crippen molar-refractivity contribution in [1.82, 2.24) is 19.5 Å². The minimum Gasteiger partial charge on any atom is -0.351 e. The van der Waals surface area contributed by atoms with Gasteiger partial charge in [0, 0.05) is 0 Å². The van der Waals surface area contributed by atoms with E-state index in [1.165, 1.54) is 12.5 Å². The van der Waals surface area contributed by atoms with E-state index in [2.05, 4.69) is 21.3 Å². The van der Waals surface area contributed by atoms with Crippen LogP contribution in [0.3, 0.4) is 0 Å². The Hall–Kier alpha value is -1.98. The summed E-state index contributed by atoms with van der Waals surface area (Å²) in [5.74, 6) is 0. The zero-order valence-electron chi connectivity index (χ0n) is 5.93. The van der Waals surface area contributed by atoms with E-state index in [1.807, 2.05) is 0 Å². The predicted octanol–water partition coefficient (Wildman–Crippen LogP) is -0.447. The third kappa shape index (κ3) is 0.815. The molecule has 0 fully saturated rings. The first-order valence-corrected chi connectivity index (χ1v) is 3.15. The number of carbonyl (C=O) groups is 1. The van der Waals surface area contributed by atoms with E-state index >= 15 is 0 Å². The average molecular weight is 162 g/mol. The second-order valence-corrected chi connectivity index (χ2v) is 2.13. The Morgan fingerprint density at radius 2 is 2.50 bits per heavy atom. The molecular formula is C6H4N5O. The monoisotopic (exact) mass is 162 g/mol. The molecule has 6 nitrogen and oxygen atoms in total. The zero-order chi connectivity index (χ0) is 8.55. The van der Waals surface area contributed by atoms with Crippen molar-refractivity contribution in [1.29, 1.82) is 0 Å². The summed E-state index contributed by atoms with van der Waals surface area (Å²) in [5, 5.41) is 0. The van der Waals surface area contributed by atoms with E-state index in [9.17, 15) is 4.79 Å². The fourth-order valence-electron chi connectivity index (χ4n) is 0.885. The molecule has 0 aliphatic carbocycles. The van der Waals surface area contributed by atoms with Crippen LogP contribution in [0.1, 0.15) is 0 Å². The Labute approximate surface area is 67.1 Å². The smallest absolute Gasteiger partial charge is 0.325 e. The highest BCUT2D eigenvalue weighted by Gasteiger charge is 2.06. The van der Waals surface area contributed by atoms with E-state index in [4.69, 9.17) is 5.73 Å². The van der Waals surface area contributed by atoms with Gasteiger partial charge in [0.25, 0.3) is 0 Å². The number of aromatic nitrogens is 4. The lowest BCUT2D eigenvalue weighted by Gasteiger charge is -1.92. The molecule has 0 saturated heterocycles. The highest BCUT2D eigenvalue weighted by Crippen LogP contribution is 2.04. The highest BCUT2D eigenvalue weighted by molar-refractivity contribution is 5.85. The van der Waals surface area contributed by atoms with Gasteiger partial charge in [-0.1, -0.05) is 0 Å². The van der Waals surface area contributed by atoms with Crippen LogP contribution in [0.15, 0.2) is 12.5 Å². The molecule has 2 heterocycles. The van der Waals surface area contributed by atoms with E-state index in [0.717, 1.165) is 4.57 Å². The second kappa shape index (κ2) is 2.26. The molecule has 0 bridgehead atoms. The molecule has 0 saturated carbocycles. The molecular weight excluding hydrogens is 158 g/mol. The summed E-state index contributed by atoms with van der Waals surface area (Å²) < 4.78 is 1.13. The summed E-state index contributed by atoms with van der Waals surface area (Å²) in [6.07, 6.45) is 5.11. The number of hydrogen-bond donors (Lipinski definition) is 1. The summed E-state index contributed by atoms with van der Waals surface area (Å²) in [7, 11) is 0. The maximum Gasteiger partial charge on any atom is 0.325 e. The average Bonchev–Trinajstić information content (AvgIpc) is 2.47. The van der Waals surface area contributed by atoms with Crippen molar-refractivity contribution < 1.29 is 4.79 Å². The fourth-order valence-corrected chi connectivity index (χ4v) is 0.885. The SMILES string of the molecule is NC(=O)n1cnc2cn[c]nc21. The van der Waals surface area contributed by atoms with Gasteiger partial charge in [-0.3, -0.25) is 0 Å². The molecule has 0 aliphatic rings. The number of nitrogens with zero attached hydrogens (tertiary/aromatic N) is 4. The van der Waals surface area contributed by atoms with Gasteiger partial charge < -0.3 is 5.73 Å². The number of rotatable bonds is 0. The zero-order valence-corrected chi connectivity index (χ0v) is 5.93. The molecule has 0 aromatic carbocycles. The van der Waals surface area contributed by atoms with Gasteiger partial charge in [0.2, 0.25) is 0 Å². The molecule has 59 valence electrons. The van der Waals surface area contributed by atoms with Gasteiger partial charge in [0.1, 0.15) is 11.8 Å². The first-order chi connectivity index (χ1) is 5.79. The van der Waals surface area contributed by atoms with E-state index in [1.54, 1.807) is 0 Å². The van der Waals surface area contributed by atoms with Gasteiger partial charge in [-0.05, 0) is 0 Å². The lowest BCUT2D eigenvalue weighted by atomic mass is 10.6. The highest BCUT2D eigenvalue weighted by atomic mass is 16.2. The largest absolute Gasteiger partial charge is 0.351 e. The standard InChI is InChI=1S/C6H4N5O/c7-6(12)11-3-10-4-1-8-2-9-5(4)11/h1,3H,(H2,7,12). The summed E-state index contributed by atoms with van der Waals surface area (Å²) in [4.78, 5) is 22.0. The molecule has 1 amide bonds. The van der Waals surface area contributed by atoms with Crippen molar-refractivity contribution in [3.63, 3.8) is 0 Å². The predicted molar refractivity (Wildman–Crippen MR) is 39.1 cm³/mol. The molecule has 12 heavy (non-hydrogen) atoms. The summed E-state index contributed by atoms with van der Waals surface area (Å²) in [6, 6.07) is -0.621. The van der Waals surface area contributed by atoms with Crippen LogP contribution in [0.25, 0.3) is 11.2 Å². The van der Waals surface area contributed by atoms with Crippen molar-refractivity contribution >= 4 is 17.2 Å². The van der Waals surface area contributed by atoms with Crippen LogP contribution in [0.4, 0.5) is 4.79 Å². The lowest BCUT2D eigenvalue weighted by molar-refractivity contribution is 0.251. The van der Waals surface area contributed by atoms with Gasteiger partial charge in [0.15, 0.2) is 12.0 Å². The van der Waals surface area contributed by atoms with E-state index < -0.39 is 6.03 Å². The maximum atomic E-state index is 10.7. The van der Waals surface area contributed by atoms with E-state index in [-0.39, 0.29) is 0 Å². The van der Waals surface area contributed by atoms with Gasteiger partial charge in [-0.25, -0.2) is 24.3 Å². The topological polar surface area (TPSA) is 86.7 Å². The first-order valence-electron chi connectivity index (χ1n) is 3.15. The summed E-state index contributed by atoms with van der Waals surface area (Å²) >= 11 is 0. The van der Waals surface area contributed by atoms with Crippen LogP contribution in [0.5, 0.6) is 0 Å². The molecule has 2 aromatic heterocycles. The number of nitrogens with two attached hydrogens (primary N) is 1. The molecule has 2 N–H and O–H groups in total. The lowest BCUT2D eigenvalue weighted by Crippen LogP contribution is -2.18. The third-order valence-electron chi connectivity index (χ3n) is 1.41. The first kappa shape index (κ1) is 6.71. The van der Waals surface area contributed by atoms with Crippen LogP contribution < -0.4 is 5.73 Å². The summed E-state index contributed by atoms with van der Waals surface area (Å²) in [5.41, 5.74) is 5.93. The van der Waals surface area contributed by atoms with Crippen molar-refractivity contribution in [2.75, 3.05) is 0 Å². The van der Waals surface area contributed by atoms with Gasteiger partial charge in [-0.15, -0.1) is 0 Å². The van der Waals surface area contributed by atoms with Crippen molar-refractivity contribution in [2.24, 2.45) is 5.73 Å². The van der Waals surface area contributed by atoms with Crippen molar-refractivity contribution in [3.8, 4) is 0 Å². The fraction of sp³-hybridized carbons (Fsp3) is 0. The normalized spacial score (nSPS) is 10.3. The molecule has 0 atom stereocenters. The quantitative estimate of drug-likeness (QED) is 0.568. The molecule has 2 aromatic rings. The van der Waals surface area contributed by atoms with Crippen LogP contribution in [-0.2, 0) is 0 Å². The Morgan fingerprint density at radius 1 is 1.67 bits per heavy atom. The number of amides is 1.